The van der Waals surface area contributed by atoms with Crippen molar-refractivity contribution in [3.8, 4) is 0 Å². The van der Waals surface area contributed by atoms with Gasteiger partial charge < -0.3 is 15.0 Å². The molecule has 1 aromatic carbocycles. The maximum Gasteiger partial charge on any atom is 0.303 e. The second kappa shape index (κ2) is 7.48. The molecular weight excluding hydrogens is 340 g/mol. The van der Waals surface area contributed by atoms with Crippen LogP contribution in [0.4, 0.5) is 11.4 Å². The Hall–Kier alpha value is -2.67. The molecule has 0 unspecified atom stereocenters. The van der Waals surface area contributed by atoms with Crippen LogP contribution in [0.25, 0.3) is 0 Å². The first-order valence-electron chi connectivity index (χ1n) is 7.96. The Labute approximate surface area is 149 Å². The smallest absolute Gasteiger partial charge is 0.303 e. The molecule has 0 spiro atoms. The minimum Gasteiger partial charge on any atom is -0.456 e. The predicted octanol–water partition coefficient (Wildman–Crippen LogP) is 2.84. The van der Waals surface area contributed by atoms with Gasteiger partial charge in [0.15, 0.2) is 6.61 Å². The number of ether oxygens (including phenoxy) is 1. The van der Waals surface area contributed by atoms with Crippen molar-refractivity contribution in [3.63, 3.8) is 0 Å². The molecule has 0 atom stereocenters. The zero-order chi connectivity index (χ0) is 17.8. The minimum atomic E-state index is -0.497. The summed E-state index contributed by atoms with van der Waals surface area (Å²) < 4.78 is 4.68. The van der Waals surface area contributed by atoms with E-state index in [4.69, 9.17) is 0 Å². The quantitative estimate of drug-likeness (QED) is 0.853. The SMILES string of the molecule is CC(=O)OCC(=O)Nc1ccc2c(c1)CCCN2C(=O)c1cccs1. The molecule has 0 saturated carbocycles. The van der Waals surface area contributed by atoms with Gasteiger partial charge in [-0.05, 0) is 48.1 Å². The lowest BCUT2D eigenvalue weighted by atomic mass is 10.0. The van der Waals surface area contributed by atoms with Crippen LogP contribution in [0.5, 0.6) is 0 Å². The van der Waals surface area contributed by atoms with Crippen LogP contribution < -0.4 is 10.2 Å². The fourth-order valence-electron chi connectivity index (χ4n) is 2.78. The summed E-state index contributed by atoms with van der Waals surface area (Å²) in [5.41, 5.74) is 2.52. The zero-order valence-corrected chi connectivity index (χ0v) is 14.6. The summed E-state index contributed by atoms with van der Waals surface area (Å²) in [7, 11) is 0. The average molecular weight is 358 g/mol. The summed E-state index contributed by atoms with van der Waals surface area (Å²) in [5, 5.41) is 4.59. The third-order valence-corrected chi connectivity index (χ3v) is 4.72. The van der Waals surface area contributed by atoms with E-state index in [9.17, 15) is 14.4 Å². The van der Waals surface area contributed by atoms with Gasteiger partial charge in [0.2, 0.25) is 0 Å². The molecule has 3 rings (SSSR count). The van der Waals surface area contributed by atoms with Crippen LogP contribution in [0.1, 0.15) is 28.6 Å². The molecule has 2 amide bonds. The second-order valence-electron chi connectivity index (χ2n) is 5.71. The molecule has 1 aromatic heterocycles. The maximum absolute atomic E-state index is 12.7. The van der Waals surface area contributed by atoms with Gasteiger partial charge in [0.25, 0.3) is 11.8 Å². The number of amides is 2. The van der Waals surface area contributed by atoms with E-state index in [1.54, 1.807) is 11.0 Å². The van der Waals surface area contributed by atoms with Crippen molar-refractivity contribution in [1.82, 2.24) is 0 Å². The van der Waals surface area contributed by atoms with Gasteiger partial charge in [0.05, 0.1) is 4.88 Å². The van der Waals surface area contributed by atoms with E-state index in [1.807, 2.05) is 29.6 Å². The molecule has 130 valence electrons. The largest absolute Gasteiger partial charge is 0.456 e. The number of hydrogen-bond acceptors (Lipinski definition) is 5. The molecule has 2 heterocycles. The van der Waals surface area contributed by atoms with E-state index < -0.39 is 11.9 Å². The number of carbonyl (C=O) groups excluding carboxylic acids is 3. The van der Waals surface area contributed by atoms with Gasteiger partial charge in [-0.3, -0.25) is 14.4 Å². The van der Waals surface area contributed by atoms with Crippen molar-refractivity contribution in [2.24, 2.45) is 0 Å². The topological polar surface area (TPSA) is 75.7 Å². The highest BCUT2D eigenvalue weighted by Gasteiger charge is 2.24. The summed E-state index contributed by atoms with van der Waals surface area (Å²) in [6.07, 6.45) is 1.71. The lowest BCUT2D eigenvalue weighted by Gasteiger charge is -2.29. The number of aryl methyl sites for hydroxylation is 1. The van der Waals surface area contributed by atoms with E-state index in [-0.39, 0.29) is 12.5 Å². The van der Waals surface area contributed by atoms with E-state index in [0.717, 1.165) is 24.1 Å². The zero-order valence-electron chi connectivity index (χ0n) is 13.8. The predicted molar refractivity (Wildman–Crippen MR) is 96.0 cm³/mol. The van der Waals surface area contributed by atoms with Crippen molar-refractivity contribution in [3.05, 3.63) is 46.2 Å². The van der Waals surface area contributed by atoms with Crippen molar-refractivity contribution in [1.29, 1.82) is 0 Å². The number of carbonyl (C=O) groups is 3. The van der Waals surface area contributed by atoms with Crippen LogP contribution >= 0.6 is 11.3 Å². The highest BCUT2D eigenvalue weighted by molar-refractivity contribution is 7.12. The van der Waals surface area contributed by atoms with Crippen LogP contribution in [-0.4, -0.2) is 30.9 Å². The summed E-state index contributed by atoms with van der Waals surface area (Å²) >= 11 is 1.43. The van der Waals surface area contributed by atoms with Crippen molar-refractivity contribution in [2.75, 3.05) is 23.4 Å². The van der Waals surface area contributed by atoms with Crippen LogP contribution in [0.3, 0.4) is 0 Å². The fraction of sp³-hybridized carbons (Fsp3) is 0.278. The summed E-state index contributed by atoms with van der Waals surface area (Å²) in [5.74, 6) is -0.886. The van der Waals surface area contributed by atoms with E-state index in [1.165, 1.54) is 18.3 Å². The minimum absolute atomic E-state index is 0.00240. The Bertz CT molecular complexity index is 801. The maximum atomic E-state index is 12.7. The van der Waals surface area contributed by atoms with Crippen molar-refractivity contribution >= 4 is 40.5 Å². The van der Waals surface area contributed by atoms with Crippen LogP contribution in [0, 0.1) is 0 Å². The molecule has 2 aromatic rings. The second-order valence-corrected chi connectivity index (χ2v) is 6.66. The summed E-state index contributed by atoms with van der Waals surface area (Å²) in [4.78, 5) is 37.7. The summed E-state index contributed by atoms with van der Waals surface area (Å²) in [6, 6.07) is 9.16. The molecule has 0 saturated heterocycles. The standard InChI is InChI=1S/C18H18N2O4S/c1-12(21)24-11-17(22)19-14-6-7-15-13(10-14)4-2-8-20(15)18(23)16-5-3-9-25-16/h3,5-7,9-10H,2,4,8,11H2,1H3,(H,19,22). The molecule has 7 heteroatoms. The molecule has 1 aliphatic heterocycles. The monoisotopic (exact) mass is 358 g/mol. The number of esters is 1. The highest BCUT2D eigenvalue weighted by atomic mass is 32.1. The first kappa shape index (κ1) is 17.2. The van der Waals surface area contributed by atoms with Crippen LogP contribution in [0.2, 0.25) is 0 Å². The molecule has 0 aliphatic carbocycles. The average Bonchev–Trinajstić information content (AvgIpc) is 3.13. The highest BCUT2D eigenvalue weighted by Crippen LogP contribution is 2.31. The van der Waals surface area contributed by atoms with Crippen molar-refractivity contribution < 1.29 is 19.1 Å². The third-order valence-electron chi connectivity index (χ3n) is 3.87. The first-order chi connectivity index (χ1) is 12.0. The van der Waals surface area contributed by atoms with Crippen LogP contribution in [-0.2, 0) is 20.7 Å². The third kappa shape index (κ3) is 4.06. The molecule has 1 aliphatic rings. The Morgan fingerprint density at radius 3 is 2.84 bits per heavy atom. The van der Waals surface area contributed by atoms with E-state index >= 15 is 0 Å². The van der Waals surface area contributed by atoms with Gasteiger partial charge in [-0.25, -0.2) is 0 Å². The number of hydrogen-bond donors (Lipinski definition) is 1. The number of thiophene rings is 1. The molecular formula is C18H18N2O4S. The van der Waals surface area contributed by atoms with Gasteiger partial charge in [-0.2, -0.15) is 0 Å². The Kier molecular flexibility index (Phi) is 5.14. The van der Waals surface area contributed by atoms with E-state index in [0.29, 0.717) is 17.1 Å². The van der Waals surface area contributed by atoms with Gasteiger partial charge in [-0.15, -0.1) is 11.3 Å². The number of fused-ring (bicyclic) bond motifs is 1. The van der Waals surface area contributed by atoms with Gasteiger partial charge >= 0.3 is 5.97 Å². The molecule has 1 N–H and O–H groups in total. The Morgan fingerprint density at radius 1 is 1.28 bits per heavy atom. The molecule has 25 heavy (non-hydrogen) atoms. The molecule has 0 radical (unpaired) electrons. The Balaban J connectivity index is 1.75. The first-order valence-corrected chi connectivity index (χ1v) is 8.84. The number of rotatable bonds is 4. The van der Waals surface area contributed by atoms with E-state index in [2.05, 4.69) is 10.1 Å². The van der Waals surface area contributed by atoms with Crippen LogP contribution in [0.15, 0.2) is 35.7 Å². The number of anilines is 2. The van der Waals surface area contributed by atoms with Gasteiger partial charge in [0.1, 0.15) is 0 Å². The number of benzene rings is 1. The normalized spacial score (nSPS) is 13.1. The van der Waals surface area contributed by atoms with Gasteiger partial charge in [-0.1, -0.05) is 6.07 Å². The summed E-state index contributed by atoms with van der Waals surface area (Å²) in [6.45, 7) is 1.63. The van der Waals surface area contributed by atoms with Gasteiger partial charge in [0, 0.05) is 24.8 Å². The van der Waals surface area contributed by atoms with Crippen molar-refractivity contribution in [2.45, 2.75) is 19.8 Å². The number of nitrogens with one attached hydrogen (secondary N) is 1. The Morgan fingerprint density at radius 2 is 2.12 bits per heavy atom. The fourth-order valence-corrected chi connectivity index (χ4v) is 3.46. The molecule has 0 fully saturated rings. The lowest BCUT2D eigenvalue weighted by molar-refractivity contribution is -0.144. The molecule has 6 nitrogen and oxygen atoms in total. The lowest BCUT2D eigenvalue weighted by Crippen LogP contribution is -2.35. The molecule has 0 bridgehead atoms. The number of nitrogens with zero attached hydrogens (tertiary/aromatic N) is 1.